The molecular formula is C57H32N4OS. The fourth-order valence-electron chi connectivity index (χ4n) is 9.81. The summed E-state index contributed by atoms with van der Waals surface area (Å²) in [4.78, 5) is 16.2. The van der Waals surface area contributed by atoms with Crippen LogP contribution >= 0.6 is 11.3 Å². The summed E-state index contributed by atoms with van der Waals surface area (Å²) in [6.45, 7) is 0. The number of benzene rings is 10. The number of nitrogens with zero attached hydrogens (tertiary/aromatic N) is 4. The Hall–Kier alpha value is -8.19. The van der Waals surface area contributed by atoms with Crippen molar-refractivity contribution < 1.29 is 4.42 Å². The van der Waals surface area contributed by atoms with Gasteiger partial charge < -0.3 is 8.98 Å². The Labute approximate surface area is 363 Å². The first-order valence-electron chi connectivity index (χ1n) is 21.2. The molecule has 5 nitrogen and oxygen atoms in total. The van der Waals surface area contributed by atoms with E-state index >= 15 is 0 Å². The molecule has 10 aromatic carbocycles. The fourth-order valence-corrected chi connectivity index (χ4v) is 10.9. The van der Waals surface area contributed by atoms with Gasteiger partial charge in [-0.25, -0.2) is 15.0 Å². The molecule has 0 aliphatic heterocycles. The third-order valence-electron chi connectivity index (χ3n) is 12.8. The number of aromatic nitrogens is 4. The number of rotatable bonds is 4. The number of hydrogen-bond acceptors (Lipinski definition) is 5. The molecule has 0 unspecified atom stereocenters. The van der Waals surface area contributed by atoms with Crippen LogP contribution < -0.4 is 0 Å². The van der Waals surface area contributed by atoms with E-state index in [4.69, 9.17) is 19.4 Å². The highest BCUT2D eigenvalue weighted by Gasteiger charge is 2.23. The first-order valence-corrected chi connectivity index (χ1v) is 22.0. The molecule has 0 aliphatic rings. The Balaban J connectivity index is 1.10. The molecule has 0 spiro atoms. The second-order valence-corrected chi connectivity index (χ2v) is 17.5. The Morgan fingerprint density at radius 3 is 1.84 bits per heavy atom. The van der Waals surface area contributed by atoms with Gasteiger partial charge in [-0.3, -0.25) is 0 Å². The van der Waals surface area contributed by atoms with Crippen molar-refractivity contribution >= 4 is 108 Å². The third kappa shape index (κ3) is 5.25. The summed E-state index contributed by atoms with van der Waals surface area (Å²) < 4.78 is 11.9. The van der Waals surface area contributed by atoms with Crippen molar-refractivity contribution in [1.82, 2.24) is 19.5 Å². The molecule has 63 heavy (non-hydrogen) atoms. The molecular weight excluding hydrogens is 789 g/mol. The van der Waals surface area contributed by atoms with Crippen LogP contribution in [0.5, 0.6) is 0 Å². The van der Waals surface area contributed by atoms with Crippen molar-refractivity contribution in [3.63, 3.8) is 0 Å². The van der Waals surface area contributed by atoms with E-state index in [0.29, 0.717) is 17.5 Å². The van der Waals surface area contributed by atoms with Crippen LogP contribution in [0.15, 0.2) is 199 Å². The van der Waals surface area contributed by atoms with Gasteiger partial charge in [-0.15, -0.1) is 11.3 Å². The lowest BCUT2D eigenvalue weighted by Gasteiger charge is -2.13. The summed E-state index contributed by atoms with van der Waals surface area (Å²) in [6.07, 6.45) is 0. The van der Waals surface area contributed by atoms with Crippen LogP contribution in [0.3, 0.4) is 0 Å². The van der Waals surface area contributed by atoms with Crippen LogP contribution in [0, 0.1) is 0 Å². The van der Waals surface area contributed by atoms with E-state index < -0.39 is 0 Å². The summed E-state index contributed by atoms with van der Waals surface area (Å²) in [5.74, 6) is 1.80. The van der Waals surface area contributed by atoms with Gasteiger partial charge in [0.25, 0.3) is 0 Å². The predicted octanol–water partition coefficient (Wildman–Crippen LogP) is 15.7. The minimum atomic E-state index is 0.576. The van der Waals surface area contributed by atoms with Gasteiger partial charge in [0.1, 0.15) is 11.2 Å². The molecule has 0 saturated carbocycles. The zero-order valence-electron chi connectivity index (χ0n) is 33.6. The molecule has 14 aromatic rings. The molecule has 0 atom stereocenters. The molecule has 0 radical (unpaired) electrons. The van der Waals surface area contributed by atoms with Gasteiger partial charge in [0.2, 0.25) is 0 Å². The van der Waals surface area contributed by atoms with E-state index in [1.807, 2.05) is 11.3 Å². The zero-order chi connectivity index (χ0) is 41.2. The van der Waals surface area contributed by atoms with Gasteiger partial charge in [0.15, 0.2) is 17.5 Å². The van der Waals surface area contributed by atoms with Crippen LogP contribution in [-0.2, 0) is 0 Å². The summed E-state index contributed by atoms with van der Waals surface area (Å²) >= 11 is 1.81. The maximum atomic E-state index is 7.04. The predicted molar refractivity (Wildman–Crippen MR) is 263 cm³/mol. The minimum Gasteiger partial charge on any atom is -0.455 e. The van der Waals surface area contributed by atoms with E-state index in [1.54, 1.807) is 0 Å². The molecule has 0 amide bonds. The largest absolute Gasteiger partial charge is 0.455 e. The smallest absolute Gasteiger partial charge is 0.164 e. The second kappa shape index (κ2) is 13.2. The highest BCUT2D eigenvalue weighted by molar-refractivity contribution is 7.25. The molecule has 4 aromatic heterocycles. The zero-order valence-corrected chi connectivity index (χ0v) is 34.4. The highest BCUT2D eigenvalue weighted by atomic mass is 32.1. The lowest BCUT2D eigenvalue weighted by molar-refractivity contribution is 0.672. The quantitative estimate of drug-likeness (QED) is 0.177. The Kier molecular flexibility index (Phi) is 7.21. The van der Waals surface area contributed by atoms with E-state index in [2.05, 4.69) is 199 Å². The number of furan rings is 1. The topological polar surface area (TPSA) is 56.7 Å². The van der Waals surface area contributed by atoms with Gasteiger partial charge in [-0.05, 0) is 87.6 Å². The van der Waals surface area contributed by atoms with Gasteiger partial charge >= 0.3 is 0 Å². The Morgan fingerprint density at radius 2 is 1.00 bits per heavy atom. The van der Waals surface area contributed by atoms with Crippen LogP contribution in [0.25, 0.3) is 136 Å². The Bertz CT molecular complexity index is 4230. The summed E-state index contributed by atoms with van der Waals surface area (Å²) in [6, 6.07) is 69.2. The average Bonchev–Trinajstić information content (AvgIpc) is 4.02. The van der Waals surface area contributed by atoms with E-state index in [0.717, 1.165) is 76.9 Å². The normalized spacial score (nSPS) is 12.1. The van der Waals surface area contributed by atoms with Gasteiger partial charge in [-0.2, -0.15) is 0 Å². The molecule has 0 bridgehead atoms. The van der Waals surface area contributed by atoms with Crippen molar-refractivity contribution in [3.8, 4) is 39.9 Å². The monoisotopic (exact) mass is 820 g/mol. The van der Waals surface area contributed by atoms with Crippen LogP contribution in [0.2, 0.25) is 0 Å². The number of hydrogen-bond donors (Lipinski definition) is 0. The van der Waals surface area contributed by atoms with Crippen LogP contribution in [0.4, 0.5) is 0 Å². The number of thiophene rings is 1. The molecule has 0 N–H and O–H groups in total. The molecule has 14 rings (SSSR count). The second-order valence-electron chi connectivity index (χ2n) is 16.4. The van der Waals surface area contributed by atoms with Gasteiger partial charge in [0, 0.05) is 69.9 Å². The molecule has 292 valence electrons. The first kappa shape index (κ1) is 34.5. The van der Waals surface area contributed by atoms with Crippen molar-refractivity contribution in [2.75, 3.05) is 0 Å². The van der Waals surface area contributed by atoms with E-state index in [-0.39, 0.29) is 0 Å². The average molecular weight is 821 g/mol. The third-order valence-corrected chi connectivity index (χ3v) is 13.9. The molecule has 6 heteroatoms. The minimum absolute atomic E-state index is 0.576. The summed E-state index contributed by atoms with van der Waals surface area (Å²) in [5, 5.41) is 13.6. The number of para-hydroxylation sites is 1. The molecule has 0 saturated heterocycles. The van der Waals surface area contributed by atoms with E-state index in [9.17, 15) is 0 Å². The van der Waals surface area contributed by atoms with Crippen molar-refractivity contribution in [3.05, 3.63) is 194 Å². The van der Waals surface area contributed by atoms with Crippen molar-refractivity contribution in [1.29, 1.82) is 0 Å². The lowest BCUT2D eigenvalue weighted by atomic mass is 10.0. The van der Waals surface area contributed by atoms with E-state index in [1.165, 1.54) is 41.7 Å². The van der Waals surface area contributed by atoms with Crippen LogP contribution in [-0.4, -0.2) is 19.5 Å². The lowest BCUT2D eigenvalue weighted by Crippen LogP contribution is -2.02. The maximum absolute atomic E-state index is 7.04. The number of fused-ring (bicyclic) bond motifs is 13. The summed E-state index contributed by atoms with van der Waals surface area (Å²) in [5.41, 5.74) is 7.52. The maximum Gasteiger partial charge on any atom is 0.164 e. The van der Waals surface area contributed by atoms with Gasteiger partial charge in [0.05, 0.1) is 16.7 Å². The SMILES string of the molecule is c1ccc2cc(-c3nc(-c4ccc5sc6ccccc6c5c4)nc(-c4cc(-n5c6ccccc6c6cc7ccccc7cc65)cc5oc6c7ccccc7ccc6c45)n3)ccc2c1. The molecule has 0 fully saturated rings. The first-order chi connectivity index (χ1) is 31.2. The van der Waals surface area contributed by atoms with Crippen molar-refractivity contribution in [2.24, 2.45) is 0 Å². The summed E-state index contributed by atoms with van der Waals surface area (Å²) in [7, 11) is 0. The fraction of sp³-hybridized carbons (Fsp3) is 0. The Morgan fingerprint density at radius 1 is 0.381 bits per heavy atom. The van der Waals surface area contributed by atoms with Crippen LogP contribution in [0.1, 0.15) is 0 Å². The molecule has 0 aliphatic carbocycles. The van der Waals surface area contributed by atoms with Crippen molar-refractivity contribution in [2.45, 2.75) is 0 Å². The van der Waals surface area contributed by atoms with Gasteiger partial charge in [-0.1, -0.05) is 127 Å². The standard InChI is InChI=1S/C57H32N4OS/c1-2-13-35-27-38(22-21-33(35)11-1)55-58-56(39-24-26-52-46(29-39)43-18-8-10-20-51(43)63-52)60-57(59-55)47-31-40(32-50-53(47)44-25-23-34-12-5-6-16-41(34)54(44)62-50)61-48-19-9-7-17-42(48)45-28-36-14-3-4-15-37(36)30-49(45)61/h1-32H. The highest BCUT2D eigenvalue weighted by Crippen LogP contribution is 2.44. The molecule has 4 heterocycles.